The first-order valence-corrected chi connectivity index (χ1v) is 4.31. The molecule has 0 saturated carbocycles. The predicted octanol–water partition coefficient (Wildman–Crippen LogP) is 1.20. The standard InChI is InChI=1S/C8H17NO3/c1-2-4-7(5-3-6-10)9-8(11)12/h7,9-10H,2-6H2,1H3,(H,11,12)/t7-/m0/s1. The summed E-state index contributed by atoms with van der Waals surface area (Å²) < 4.78 is 0. The highest BCUT2D eigenvalue weighted by Gasteiger charge is 2.08. The number of nitrogens with one attached hydrogen (secondary N) is 1. The molecule has 0 unspecified atom stereocenters. The molecule has 0 aromatic heterocycles. The van der Waals surface area contributed by atoms with Gasteiger partial charge < -0.3 is 15.5 Å². The fraction of sp³-hybridized carbons (Fsp3) is 0.875. The summed E-state index contributed by atoms with van der Waals surface area (Å²) in [5, 5.41) is 19.4. The van der Waals surface area contributed by atoms with E-state index in [0.717, 1.165) is 19.3 Å². The monoisotopic (exact) mass is 175 g/mol. The van der Waals surface area contributed by atoms with Gasteiger partial charge in [0.25, 0.3) is 0 Å². The molecule has 0 spiro atoms. The van der Waals surface area contributed by atoms with E-state index in [1.165, 1.54) is 0 Å². The predicted molar refractivity (Wildman–Crippen MR) is 46.2 cm³/mol. The Kier molecular flexibility index (Phi) is 6.47. The van der Waals surface area contributed by atoms with Crippen molar-refractivity contribution in [3.8, 4) is 0 Å². The molecule has 72 valence electrons. The van der Waals surface area contributed by atoms with Gasteiger partial charge in [-0.2, -0.15) is 0 Å². The number of hydrogen-bond donors (Lipinski definition) is 3. The minimum atomic E-state index is -0.980. The van der Waals surface area contributed by atoms with E-state index in [1.807, 2.05) is 6.92 Å². The summed E-state index contributed by atoms with van der Waals surface area (Å²) in [6, 6.07) is -0.000324. The second kappa shape index (κ2) is 6.91. The van der Waals surface area contributed by atoms with Crippen LogP contribution in [-0.4, -0.2) is 29.0 Å². The number of aliphatic hydroxyl groups excluding tert-OH is 1. The third kappa shape index (κ3) is 5.97. The van der Waals surface area contributed by atoms with Crippen LogP contribution >= 0.6 is 0 Å². The van der Waals surface area contributed by atoms with Crippen molar-refractivity contribution in [1.82, 2.24) is 5.32 Å². The topological polar surface area (TPSA) is 69.6 Å². The van der Waals surface area contributed by atoms with Gasteiger partial charge in [-0.3, -0.25) is 0 Å². The average molecular weight is 175 g/mol. The summed E-state index contributed by atoms with van der Waals surface area (Å²) in [6.07, 6.45) is 2.19. The summed E-state index contributed by atoms with van der Waals surface area (Å²) >= 11 is 0. The van der Waals surface area contributed by atoms with Crippen molar-refractivity contribution >= 4 is 6.09 Å². The molecule has 4 nitrogen and oxygen atoms in total. The molecular formula is C8H17NO3. The first-order chi connectivity index (χ1) is 5.70. The zero-order chi connectivity index (χ0) is 9.40. The van der Waals surface area contributed by atoms with Crippen LogP contribution in [-0.2, 0) is 0 Å². The van der Waals surface area contributed by atoms with Gasteiger partial charge in [0.05, 0.1) is 0 Å². The highest BCUT2D eigenvalue weighted by Crippen LogP contribution is 2.03. The highest BCUT2D eigenvalue weighted by atomic mass is 16.4. The van der Waals surface area contributed by atoms with E-state index in [-0.39, 0.29) is 12.6 Å². The van der Waals surface area contributed by atoms with E-state index in [9.17, 15) is 4.79 Å². The lowest BCUT2D eigenvalue weighted by Crippen LogP contribution is -2.33. The van der Waals surface area contributed by atoms with Crippen LogP contribution in [0, 0.1) is 0 Å². The fourth-order valence-corrected chi connectivity index (χ4v) is 1.15. The van der Waals surface area contributed by atoms with Crippen LogP contribution in [0.5, 0.6) is 0 Å². The minimum absolute atomic E-state index is 0.000324. The van der Waals surface area contributed by atoms with Gasteiger partial charge in [-0.1, -0.05) is 13.3 Å². The van der Waals surface area contributed by atoms with Crippen LogP contribution < -0.4 is 5.32 Å². The lowest BCUT2D eigenvalue weighted by Gasteiger charge is -2.14. The van der Waals surface area contributed by atoms with E-state index < -0.39 is 6.09 Å². The lowest BCUT2D eigenvalue weighted by atomic mass is 10.1. The smallest absolute Gasteiger partial charge is 0.404 e. The average Bonchev–Trinajstić information content (AvgIpc) is 2.00. The maximum absolute atomic E-state index is 10.3. The van der Waals surface area contributed by atoms with Gasteiger partial charge in [0, 0.05) is 12.6 Å². The summed E-state index contributed by atoms with van der Waals surface area (Å²) in [4.78, 5) is 10.3. The number of aliphatic hydroxyl groups is 1. The van der Waals surface area contributed by atoms with Crippen molar-refractivity contribution in [3.05, 3.63) is 0 Å². The van der Waals surface area contributed by atoms with E-state index in [4.69, 9.17) is 10.2 Å². The molecule has 0 aliphatic carbocycles. The molecule has 12 heavy (non-hydrogen) atoms. The number of hydrogen-bond acceptors (Lipinski definition) is 2. The first-order valence-electron chi connectivity index (χ1n) is 4.31. The highest BCUT2D eigenvalue weighted by molar-refractivity contribution is 5.64. The summed E-state index contributed by atoms with van der Waals surface area (Å²) in [5.41, 5.74) is 0. The summed E-state index contributed by atoms with van der Waals surface area (Å²) in [5.74, 6) is 0. The lowest BCUT2D eigenvalue weighted by molar-refractivity contribution is 0.186. The van der Waals surface area contributed by atoms with Crippen LogP contribution in [0.15, 0.2) is 0 Å². The zero-order valence-corrected chi connectivity index (χ0v) is 7.42. The van der Waals surface area contributed by atoms with E-state index in [2.05, 4.69) is 5.32 Å². The van der Waals surface area contributed by atoms with Gasteiger partial charge in [-0.05, 0) is 19.3 Å². The van der Waals surface area contributed by atoms with Crippen LogP contribution in [0.4, 0.5) is 4.79 Å². The molecule has 0 saturated heterocycles. The number of amides is 1. The van der Waals surface area contributed by atoms with Crippen LogP contribution in [0.2, 0.25) is 0 Å². The number of carbonyl (C=O) groups is 1. The molecule has 0 aromatic rings. The molecule has 0 rings (SSSR count). The van der Waals surface area contributed by atoms with Gasteiger partial charge in [-0.25, -0.2) is 4.79 Å². The first kappa shape index (κ1) is 11.2. The Morgan fingerprint density at radius 1 is 1.50 bits per heavy atom. The molecule has 0 bridgehead atoms. The van der Waals surface area contributed by atoms with Crippen LogP contribution in [0.1, 0.15) is 32.6 Å². The Labute approximate surface area is 72.6 Å². The Hall–Kier alpha value is -0.770. The SMILES string of the molecule is CCC[C@@H](CCCO)NC(=O)O. The third-order valence-corrected chi connectivity index (χ3v) is 1.68. The van der Waals surface area contributed by atoms with Gasteiger partial charge >= 0.3 is 6.09 Å². The van der Waals surface area contributed by atoms with E-state index in [0.29, 0.717) is 6.42 Å². The molecule has 1 atom stereocenters. The van der Waals surface area contributed by atoms with Crippen molar-refractivity contribution in [2.24, 2.45) is 0 Å². The Morgan fingerprint density at radius 2 is 2.17 bits per heavy atom. The van der Waals surface area contributed by atoms with Crippen molar-refractivity contribution in [2.75, 3.05) is 6.61 Å². The molecule has 0 aliphatic rings. The molecule has 4 heteroatoms. The molecule has 3 N–H and O–H groups in total. The quantitative estimate of drug-likeness (QED) is 0.568. The van der Waals surface area contributed by atoms with Crippen molar-refractivity contribution in [3.63, 3.8) is 0 Å². The number of rotatable bonds is 6. The maximum atomic E-state index is 10.3. The maximum Gasteiger partial charge on any atom is 0.404 e. The Bertz CT molecular complexity index is 127. The zero-order valence-electron chi connectivity index (χ0n) is 7.42. The van der Waals surface area contributed by atoms with Crippen LogP contribution in [0.25, 0.3) is 0 Å². The van der Waals surface area contributed by atoms with Gasteiger partial charge in [0.2, 0.25) is 0 Å². The molecule has 0 fully saturated rings. The van der Waals surface area contributed by atoms with E-state index >= 15 is 0 Å². The second-order valence-corrected chi connectivity index (χ2v) is 2.80. The Morgan fingerprint density at radius 3 is 2.58 bits per heavy atom. The Balaban J connectivity index is 3.61. The molecule has 0 aliphatic heterocycles. The van der Waals surface area contributed by atoms with Gasteiger partial charge in [-0.15, -0.1) is 0 Å². The molecule has 0 aromatic carbocycles. The molecule has 0 radical (unpaired) electrons. The summed E-state index contributed by atoms with van der Waals surface area (Å²) in [6.45, 7) is 2.14. The van der Waals surface area contributed by atoms with Crippen molar-refractivity contribution in [2.45, 2.75) is 38.6 Å². The molecular weight excluding hydrogens is 158 g/mol. The van der Waals surface area contributed by atoms with Crippen LogP contribution in [0.3, 0.4) is 0 Å². The number of carboxylic acid groups (broad SMARTS) is 1. The third-order valence-electron chi connectivity index (χ3n) is 1.68. The largest absolute Gasteiger partial charge is 0.465 e. The van der Waals surface area contributed by atoms with E-state index in [1.54, 1.807) is 0 Å². The van der Waals surface area contributed by atoms with Gasteiger partial charge in [0.1, 0.15) is 0 Å². The summed E-state index contributed by atoms with van der Waals surface area (Å²) in [7, 11) is 0. The normalized spacial score (nSPS) is 12.5. The minimum Gasteiger partial charge on any atom is -0.465 e. The second-order valence-electron chi connectivity index (χ2n) is 2.80. The van der Waals surface area contributed by atoms with Gasteiger partial charge in [0.15, 0.2) is 0 Å². The van der Waals surface area contributed by atoms with Crippen molar-refractivity contribution < 1.29 is 15.0 Å². The molecule has 1 amide bonds. The van der Waals surface area contributed by atoms with Crippen molar-refractivity contribution in [1.29, 1.82) is 0 Å². The fourth-order valence-electron chi connectivity index (χ4n) is 1.15. The molecule has 0 heterocycles.